The molecule has 0 saturated carbocycles. The second-order valence-electron chi connectivity index (χ2n) is 7.25. The maximum Gasteiger partial charge on any atom is 0.129 e. The van der Waals surface area contributed by atoms with E-state index in [4.69, 9.17) is 0 Å². The van der Waals surface area contributed by atoms with E-state index in [9.17, 15) is 0 Å². The Morgan fingerprint density at radius 3 is 1.23 bits per heavy atom. The Labute approximate surface area is 147 Å². The monoisotopic (exact) mass is 362 g/mol. The molecule has 0 bridgehead atoms. The average molecular weight is 363 g/mol. The molecule has 1 rings (SSSR count). The molecule has 0 radical (unpaired) electrons. The summed E-state index contributed by atoms with van der Waals surface area (Å²) in [5.74, 6) is 6.83. The Balaban J connectivity index is 3.40. The van der Waals surface area contributed by atoms with Crippen molar-refractivity contribution in [3.05, 3.63) is 23.3 Å². The van der Waals surface area contributed by atoms with Gasteiger partial charge in [0.05, 0.1) is 0 Å². The summed E-state index contributed by atoms with van der Waals surface area (Å²) in [4.78, 5) is 2.48. The van der Waals surface area contributed by atoms with Gasteiger partial charge < -0.3 is 0 Å². The molecule has 0 atom stereocenters. The minimum atomic E-state index is -1.36. The molecular formula is C18H26S2Si2. The first-order chi connectivity index (χ1) is 10.1. The lowest BCUT2D eigenvalue weighted by Gasteiger charge is -2.10. The highest BCUT2D eigenvalue weighted by atomic mass is 32.2. The summed E-state index contributed by atoms with van der Waals surface area (Å²) < 4.78 is 0. The molecule has 0 spiro atoms. The van der Waals surface area contributed by atoms with Gasteiger partial charge in [-0.2, -0.15) is 0 Å². The number of hydrogen-bond donors (Lipinski definition) is 0. The largest absolute Gasteiger partial charge is 0.129 e. The first kappa shape index (κ1) is 19.5. The third-order valence-electron chi connectivity index (χ3n) is 2.67. The zero-order chi connectivity index (χ0) is 17.0. The zero-order valence-electron chi connectivity index (χ0n) is 15.0. The van der Waals surface area contributed by atoms with Gasteiger partial charge in [0.25, 0.3) is 0 Å². The zero-order valence-corrected chi connectivity index (χ0v) is 18.6. The van der Waals surface area contributed by atoms with Crippen LogP contribution in [-0.2, 0) is 0 Å². The predicted octanol–water partition coefficient (Wildman–Crippen LogP) is 5.59. The molecule has 0 aliphatic heterocycles. The Hall–Kier alpha value is -0.526. The van der Waals surface area contributed by atoms with Gasteiger partial charge in [-0.05, 0) is 24.6 Å². The van der Waals surface area contributed by atoms with Crippen molar-refractivity contribution in [3.8, 4) is 22.9 Å². The number of thioether (sulfide) groups is 2. The fourth-order valence-electron chi connectivity index (χ4n) is 1.60. The maximum atomic E-state index is 3.48. The predicted molar refractivity (Wildman–Crippen MR) is 110 cm³/mol. The lowest BCUT2D eigenvalue weighted by atomic mass is 10.1. The molecule has 0 unspecified atom stereocenters. The third-order valence-corrected chi connectivity index (χ3v) is 5.97. The topological polar surface area (TPSA) is 0 Å². The van der Waals surface area contributed by atoms with Crippen molar-refractivity contribution in [3.63, 3.8) is 0 Å². The lowest BCUT2D eigenvalue weighted by molar-refractivity contribution is 1.29. The fraction of sp³-hybridized carbons (Fsp3) is 0.444. The van der Waals surface area contributed by atoms with Gasteiger partial charge in [0.15, 0.2) is 0 Å². The second kappa shape index (κ2) is 7.84. The molecule has 0 aromatic heterocycles. The van der Waals surface area contributed by atoms with Gasteiger partial charge >= 0.3 is 0 Å². The summed E-state index contributed by atoms with van der Waals surface area (Å²) in [7, 11) is -2.71. The SMILES string of the molecule is CSc1cc(C#C[Si](C)(C)C)c(SC)cc1C#C[Si](C)(C)C. The molecule has 0 heterocycles. The van der Waals surface area contributed by atoms with Gasteiger partial charge in [0.1, 0.15) is 16.1 Å². The van der Waals surface area contributed by atoms with Gasteiger partial charge in [-0.25, -0.2) is 0 Å². The van der Waals surface area contributed by atoms with Gasteiger partial charge in [-0.3, -0.25) is 0 Å². The highest BCUT2D eigenvalue weighted by Crippen LogP contribution is 2.29. The maximum absolute atomic E-state index is 3.48. The van der Waals surface area contributed by atoms with Crippen LogP contribution in [0.25, 0.3) is 0 Å². The van der Waals surface area contributed by atoms with Crippen molar-refractivity contribution < 1.29 is 0 Å². The minimum Gasteiger partial charge on any atom is -0.128 e. The first-order valence-electron chi connectivity index (χ1n) is 7.38. The van der Waals surface area contributed by atoms with Gasteiger partial charge in [-0.1, -0.05) is 51.1 Å². The van der Waals surface area contributed by atoms with Crippen molar-refractivity contribution in [2.75, 3.05) is 12.5 Å². The molecular weight excluding hydrogens is 337 g/mol. The van der Waals surface area contributed by atoms with E-state index in [1.165, 1.54) is 9.79 Å². The average Bonchev–Trinajstić information content (AvgIpc) is 2.40. The normalized spacial score (nSPS) is 11.3. The van der Waals surface area contributed by atoms with Crippen LogP contribution in [0.1, 0.15) is 11.1 Å². The van der Waals surface area contributed by atoms with Crippen LogP contribution in [0.5, 0.6) is 0 Å². The van der Waals surface area contributed by atoms with Crippen LogP contribution >= 0.6 is 23.5 Å². The van der Waals surface area contributed by atoms with Crippen molar-refractivity contribution >= 4 is 39.7 Å². The molecule has 0 amide bonds. The Morgan fingerprint density at radius 1 is 0.682 bits per heavy atom. The van der Waals surface area contributed by atoms with Crippen molar-refractivity contribution in [1.29, 1.82) is 0 Å². The Morgan fingerprint density at radius 2 is 1.00 bits per heavy atom. The van der Waals surface area contributed by atoms with E-state index in [2.05, 4.69) is 86.9 Å². The van der Waals surface area contributed by atoms with E-state index in [1.54, 1.807) is 23.5 Å². The van der Waals surface area contributed by atoms with Crippen molar-refractivity contribution in [1.82, 2.24) is 0 Å². The summed E-state index contributed by atoms with van der Waals surface area (Å²) in [5.41, 5.74) is 9.26. The summed E-state index contributed by atoms with van der Waals surface area (Å²) in [5, 5.41) is 0. The summed E-state index contributed by atoms with van der Waals surface area (Å²) >= 11 is 3.52. The van der Waals surface area contributed by atoms with E-state index in [0.717, 1.165) is 11.1 Å². The van der Waals surface area contributed by atoms with E-state index >= 15 is 0 Å². The molecule has 1 aromatic carbocycles. The molecule has 0 N–H and O–H groups in total. The van der Waals surface area contributed by atoms with Crippen LogP contribution in [-0.4, -0.2) is 28.7 Å². The van der Waals surface area contributed by atoms with E-state index in [-0.39, 0.29) is 0 Å². The van der Waals surface area contributed by atoms with Gasteiger partial charge in [0, 0.05) is 20.9 Å². The summed E-state index contributed by atoms with van der Waals surface area (Å²) in [6.45, 7) is 13.7. The second-order valence-corrected chi connectivity index (χ2v) is 18.4. The Bertz CT molecular complexity index is 597. The van der Waals surface area contributed by atoms with Crippen molar-refractivity contribution in [2.45, 2.75) is 49.1 Å². The molecule has 0 aliphatic carbocycles. The quantitative estimate of drug-likeness (QED) is 0.382. The first-order valence-corrected chi connectivity index (χ1v) is 16.8. The van der Waals surface area contributed by atoms with Crippen LogP contribution in [0.4, 0.5) is 0 Å². The third kappa shape index (κ3) is 6.71. The van der Waals surface area contributed by atoms with Gasteiger partial charge in [-0.15, -0.1) is 34.6 Å². The molecule has 4 heteroatoms. The van der Waals surface area contributed by atoms with E-state index in [1.807, 2.05) is 0 Å². The minimum absolute atomic E-state index is 1.15. The van der Waals surface area contributed by atoms with Crippen LogP contribution in [0.2, 0.25) is 39.3 Å². The molecule has 22 heavy (non-hydrogen) atoms. The van der Waals surface area contributed by atoms with E-state index in [0.29, 0.717) is 0 Å². The molecule has 0 fully saturated rings. The standard InChI is InChI=1S/C18H26S2Si2/c1-19-17-13-16(10-12-22(6,7)8)18(20-2)14-15(17)9-11-21(3,4)5/h13-14H,1-8H3. The molecule has 118 valence electrons. The summed E-state index contributed by atoms with van der Waals surface area (Å²) in [6, 6.07) is 4.44. The molecule has 0 nitrogen and oxygen atoms in total. The van der Waals surface area contributed by atoms with Crippen LogP contribution in [0.3, 0.4) is 0 Å². The van der Waals surface area contributed by atoms with Crippen molar-refractivity contribution in [2.24, 2.45) is 0 Å². The van der Waals surface area contributed by atoms with Crippen LogP contribution in [0, 0.1) is 22.9 Å². The molecule has 0 aliphatic rings. The fourth-order valence-corrected chi connectivity index (χ4v) is 3.75. The van der Waals surface area contributed by atoms with Crippen LogP contribution in [0.15, 0.2) is 21.9 Å². The summed E-state index contributed by atoms with van der Waals surface area (Å²) in [6.07, 6.45) is 4.23. The smallest absolute Gasteiger partial charge is 0.128 e. The van der Waals surface area contributed by atoms with E-state index < -0.39 is 16.1 Å². The highest BCUT2D eigenvalue weighted by Gasteiger charge is 2.11. The molecule has 0 saturated heterocycles. The number of hydrogen-bond acceptors (Lipinski definition) is 2. The van der Waals surface area contributed by atoms with Crippen LogP contribution < -0.4 is 0 Å². The highest BCUT2D eigenvalue weighted by molar-refractivity contribution is 7.99. The lowest BCUT2D eigenvalue weighted by Crippen LogP contribution is -2.16. The Kier molecular flexibility index (Phi) is 6.95. The molecule has 1 aromatic rings. The number of rotatable bonds is 2. The van der Waals surface area contributed by atoms with Gasteiger partial charge in [0.2, 0.25) is 0 Å². The number of benzene rings is 1.